The van der Waals surface area contributed by atoms with Crippen molar-refractivity contribution in [3.05, 3.63) is 70.0 Å². The Kier molecular flexibility index (Phi) is 4.49. The summed E-state index contributed by atoms with van der Waals surface area (Å²) < 4.78 is 28.4. The van der Waals surface area contributed by atoms with Gasteiger partial charge in [0.05, 0.1) is 6.04 Å². The van der Waals surface area contributed by atoms with E-state index in [1.165, 1.54) is 11.3 Å². The summed E-state index contributed by atoms with van der Waals surface area (Å²) in [6.45, 7) is 0.535. The van der Waals surface area contributed by atoms with Gasteiger partial charge in [0, 0.05) is 22.0 Å². The van der Waals surface area contributed by atoms with Gasteiger partial charge in [-0.3, -0.25) is 0 Å². The fourth-order valence-corrected chi connectivity index (χ4v) is 5.88. The van der Waals surface area contributed by atoms with Crippen LogP contribution in [0, 0.1) is 0 Å². The first kappa shape index (κ1) is 16.9. The van der Waals surface area contributed by atoms with Gasteiger partial charge >= 0.3 is 0 Å². The zero-order chi connectivity index (χ0) is 17.4. The van der Waals surface area contributed by atoms with Gasteiger partial charge in [0.2, 0.25) is 0 Å². The molecule has 1 aliphatic heterocycles. The minimum absolute atomic E-state index is 0.0935. The third-order valence-corrected chi connectivity index (χ3v) is 7.66. The molecule has 4 nitrogen and oxygen atoms in total. The van der Waals surface area contributed by atoms with E-state index in [2.05, 4.69) is 20.9 Å². The molecule has 25 heavy (non-hydrogen) atoms. The average molecular weight is 435 g/mol. The molecule has 2 aromatic carbocycles. The quantitative estimate of drug-likeness (QED) is 0.597. The maximum Gasteiger partial charge on any atom is 0.261 e. The number of nitrogens with zero attached hydrogens (tertiary/aromatic N) is 2. The first-order valence-electron chi connectivity index (χ1n) is 7.84. The zero-order valence-corrected chi connectivity index (χ0v) is 16.4. The lowest BCUT2D eigenvalue weighted by Gasteiger charge is -2.39. The van der Waals surface area contributed by atoms with Crippen LogP contribution in [-0.2, 0) is 10.0 Å². The molecular weight excluding hydrogens is 420 g/mol. The smallest absolute Gasteiger partial charge is 0.223 e. The Bertz CT molecular complexity index is 985. The highest BCUT2D eigenvalue weighted by Gasteiger charge is 2.40. The van der Waals surface area contributed by atoms with Gasteiger partial charge in [0.1, 0.15) is 5.01 Å². The number of hydrogen-bond donors (Lipinski definition) is 0. The molecule has 7 heteroatoms. The molecule has 0 N–H and O–H groups in total. The number of sulfonamides is 1. The molecule has 3 aromatic rings. The van der Waals surface area contributed by atoms with Crippen molar-refractivity contribution in [2.75, 3.05) is 6.54 Å². The molecular formula is C18H15BrN2O2S2. The second-order valence-electron chi connectivity index (χ2n) is 5.83. The number of halogens is 1. The van der Waals surface area contributed by atoms with Crippen LogP contribution in [-0.4, -0.2) is 24.3 Å². The number of thiazole rings is 1. The second kappa shape index (κ2) is 6.64. The van der Waals surface area contributed by atoms with Crippen molar-refractivity contribution in [1.82, 2.24) is 9.29 Å². The molecule has 1 aliphatic rings. The highest BCUT2D eigenvalue weighted by atomic mass is 79.9. The molecule has 0 aliphatic carbocycles. The van der Waals surface area contributed by atoms with Gasteiger partial charge in [-0.25, -0.2) is 13.4 Å². The standard InChI is InChI=1S/C18H15BrN2O2S2/c19-15-8-6-14(7-9-15)18-20-17(12-24-18)25(22,23)21-11-10-16(21)13-4-2-1-3-5-13/h1-9,12,16H,10-11H2/t16-/m0/s1. The van der Waals surface area contributed by atoms with Crippen molar-refractivity contribution < 1.29 is 8.42 Å². The van der Waals surface area contributed by atoms with E-state index in [-0.39, 0.29) is 11.1 Å². The topological polar surface area (TPSA) is 50.3 Å². The van der Waals surface area contributed by atoms with E-state index in [0.717, 1.165) is 22.0 Å². The van der Waals surface area contributed by atoms with Gasteiger partial charge in [-0.15, -0.1) is 11.3 Å². The summed E-state index contributed by atoms with van der Waals surface area (Å²) in [5.41, 5.74) is 1.94. The highest BCUT2D eigenvalue weighted by molar-refractivity contribution is 9.10. The molecule has 1 aromatic heterocycles. The van der Waals surface area contributed by atoms with Crippen LogP contribution in [0.1, 0.15) is 18.0 Å². The molecule has 1 atom stereocenters. The van der Waals surface area contributed by atoms with Crippen LogP contribution in [0.4, 0.5) is 0 Å². The van der Waals surface area contributed by atoms with Gasteiger partial charge in [-0.05, 0) is 24.1 Å². The number of hydrogen-bond acceptors (Lipinski definition) is 4. The first-order valence-corrected chi connectivity index (χ1v) is 11.0. The van der Waals surface area contributed by atoms with Crippen LogP contribution in [0.25, 0.3) is 10.6 Å². The number of benzene rings is 2. The zero-order valence-electron chi connectivity index (χ0n) is 13.2. The van der Waals surface area contributed by atoms with Gasteiger partial charge in [0.25, 0.3) is 10.0 Å². The van der Waals surface area contributed by atoms with Crippen molar-refractivity contribution in [1.29, 1.82) is 0 Å². The number of rotatable bonds is 4. The molecule has 2 heterocycles. The van der Waals surface area contributed by atoms with Crippen LogP contribution in [0.2, 0.25) is 0 Å². The molecule has 0 unspecified atom stereocenters. The van der Waals surface area contributed by atoms with Crippen LogP contribution < -0.4 is 0 Å². The van der Waals surface area contributed by atoms with Crippen molar-refractivity contribution in [3.63, 3.8) is 0 Å². The SMILES string of the molecule is O=S(=O)(c1csc(-c2ccc(Br)cc2)n1)N1CC[C@H]1c1ccccc1. The van der Waals surface area contributed by atoms with Crippen molar-refractivity contribution in [2.45, 2.75) is 17.5 Å². The summed E-state index contributed by atoms with van der Waals surface area (Å²) in [6, 6.07) is 17.4. The summed E-state index contributed by atoms with van der Waals surface area (Å²) in [4.78, 5) is 4.39. The molecule has 0 amide bonds. The normalized spacial score (nSPS) is 18.0. The van der Waals surface area contributed by atoms with Crippen LogP contribution in [0.5, 0.6) is 0 Å². The summed E-state index contributed by atoms with van der Waals surface area (Å²) in [5, 5.41) is 2.48. The van der Waals surface area contributed by atoms with E-state index in [9.17, 15) is 8.42 Å². The van der Waals surface area contributed by atoms with E-state index in [4.69, 9.17) is 0 Å². The molecule has 128 valence electrons. The second-order valence-corrected chi connectivity index (χ2v) is 9.44. The third-order valence-electron chi connectivity index (χ3n) is 4.30. The largest absolute Gasteiger partial charge is 0.261 e. The van der Waals surface area contributed by atoms with E-state index < -0.39 is 10.0 Å². The summed E-state index contributed by atoms with van der Waals surface area (Å²) in [7, 11) is -3.57. The fraction of sp³-hybridized carbons (Fsp3) is 0.167. The average Bonchev–Trinajstić information content (AvgIpc) is 3.06. The lowest BCUT2D eigenvalue weighted by molar-refractivity contribution is 0.201. The van der Waals surface area contributed by atoms with Gasteiger partial charge in [0.15, 0.2) is 5.03 Å². The summed E-state index contributed by atoms with van der Waals surface area (Å²) >= 11 is 4.75. The molecule has 1 saturated heterocycles. The Morgan fingerprint density at radius 3 is 2.44 bits per heavy atom. The van der Waals surface area contributed by atoms with E-state index >= 15 is 0 Å². The van der Waals surface area contributed by atoms with Gasteiger partial charge in [-0.2, -0.15) is 4.31 Å². The monoisotopic (exact) mass is 434 g/mol. The van der Waals surface area contributed by atoms with Gasteiger partial charge in [-0.1, -0.05) is 58.4 Å². The van der Waals surface area contributed by atoms with Crippen LogP contribution in [0.15, 0.2) is 69.5 Å². The number of aromatic nitrogens is 1. The predicted octanol–water partition coefficient (Wildman–Crippen LogP) is 4.71. The van der Waals surface area contributed by atoms with Crippen molar-refractivity contribution >= 4 is 37.3 Å². The van der Waals surface area contributed by atoms with E-state index in [0.29, 0.717) is 11.6 Å². The summed E-state index contributed by atoms with van der Waals surface area (Å²) in [5.74, 6) is 0. The molecule has 0 spiro atoms. The van der Waals surface area contributed by atoms with Crippen molar-refractivity contribution in [2.24, 2.45) is 0 Å². The fourth-order valence-electron chi connectivity index (χ4n) is 2.88. The minimum Gasteiger partial charge on any atom is -0.223 e. The molecule has 0 bridgehead atoms. The lowest BCUT2D eigenvalue weighted by atomic mass is 9.98. The van der Waals surface area contributed by atoms with Gasteiger partial charge < -0.3 is 0 Å². The predicted molar refractivity (Wildman–Crippen MR) is 103 cm³/mol. The maximum atomic E-state index is 13.0. The molecule has 4 rings (SSSR count). The highest BCUT2D eigenvalue weighted by Crippen LogP contribution is 2.38. The first-order chi connectivity index (χ1) is 12.1. The Morgan fingerprint density at radius 1 is 1.08 bits per heavy atom. The Hall–Kier alpha value is -1.54. The third kappa shape index (κ3) is 3.17. The lowest BCUT2D eigenvalue weighted by Crippen LogP contribution is -2.45. The van der Waals surface area contributed by atoms with Crippen LogP contribution in [0.3, 0.4) is 0 Å². The summed E-state index contributed by atoms with van der Waals surface area (Å²) in [6.07, 6.45) is 0.840. The van der Waals surface area contributed by atoms with Crippen molar-refractivity contribution in [3.8, 4) is 10.6 Å². The Balaban J connectivity index is 1.62. The minimum atomic E-state index is -3.57. The van der Waals surface area contributed by atoms with Crippen LogP contribution >= 0.6 is 27.3 Å². The van der Waals surface area contributed by atoms with E-state index in [1.807, 2.05) is 54.6 Å². The maximum absolute atomic E-state index is 13.0. The molecule has 0 radical (unpaired) electrons. The molecule has 1 fully saturated rings. The van der Waals surface area contributed by atoms with E-state index in [1.54, 1.807) is 9.69 Å². The molecule has 0 saturated carbocycles. The Labute approximate surface area is 159 Å². The Morgan fingerprint density at radius 2 is 1.80 bits per heavy atom.